The number of nitrogens with two attached hydrogens (primary N) is 1. The van der Waals surface area contributed by atoms with Gasteiger partial charge in [-0.1, -0.05) is 0 Å². The second-order valence-electron chi connectivity index (χ2n) is 3.17. The number of carbonyl (C=O) groups excluding carboxylic acids is 1. The van der Waals surface area contributed by atoms with Crippen LogP contribution in [0.1, 0.15) is 0 Å². The molecule has 0 amide bonds. The quantitative estimate of drug-likeness (QED) is 0.341. The van der Waals surface area contributed by atoms with Gasteiger partial charge >= 0.3 is 5.97 Å². The summed E-state index contributed by atoms with van der Waals surface area (Å²) in [5.41, 5.74) is 5.23. The molecule has 0 rings (SSSR count). The number of aliphatic hydroxyl groups is 1. The van der Waals surface area contributed by atoms with Crippen LogP contribution in [0.15, 0.2) is 0 Å². The molecule has 0 fully saturated rings. The van der Waals surface area contributed by atoms with E-state index in [1.807, 2.05) is 0 Å². The Bertz CT molecular complexity index is 190. The Kier molecular flexibility index (Phi) is 11.2. The van der Waals surface area contributed by atoms with Crippen molar-refractivity contribution >= 4 is 5.97 Å². The van der Waals surface area contributed by atoms with Crippen LogP contribution in [-0.4, -0.2) is 70.5 Å². The minimum absolute atomic E-state index is 0.116. The first-order valence-corrected chi connectivity index (χ1v) is 5.40. The molecule has 0 aromatic carbocycles. The summed E-state index contributed by atoms with van der Waals surface area (Å²) in [5, 5.41) is 8.56. The molecule has 17 heavy (non-hydrogen) atoms. The number of hydrogen-bond acceptors (Lipinski definition) is 7. The lowest BCUT2D eigenvalue weighted by Crippen LogP contribution is -2.36. The maximum absolute atomic E-state index is 11.0. The Morgan fingerprint density at radius 1 is 1.12 bits per heavy atom. The Hall–Kier alpha value is -0.730. The van der Waals surface area contributed by atoms with Gasteiger partial charge in [-0.15, -0.1) is 0 Å². The van der Waals surface area contributed by atoms with Gasteiger partial charge in [-0.05, 0) is 0 Å². The highest BCUT2D eigenvalue weighted by Crippen LogP contribution is 1.86. The van der Waals surface area contributed by atoms with E-state index in [0.717, 1.165) is 0 Å². The third kappa shape index (κ3) is 10.2. The van der Waals surface area contributed by atoms with Crippen molar-refractivity contribution in [1.29, 1.82) is 0 Å². The summed E-state index contributed by atoms with van der Waals surface area (Å²) < 4.78 is 19.8. The van der Waals surface area contributed by atoms with Gasteiger partial charge in [0.1, 0.15) is 12.6 Å². The zero-order chi connectivity index (χ0) is 12.9. The molecule has 7 heteroatoms. The predicted octanol–water partition coefficient (Wildman–Crippen LogP) is -1.47. The minimum atomic E-state index is -0.979. The fourth-order valence-electron chi connectivity index (χ4n) is 0.847. The van der Waals surface area contributed by atoms with Crippen LogP contribution < -0.4 is 5.73 Å². The monoisotopic (exact) mass is 251 g/mol. The number of esters is 1. The average Bonchev–Trinajstić information content (AvgIpc) is 2.35. The zero-order valence-electron chi connectivity index (χ0n) is 10.1. The van der Waals surface area contributed by atoms with Crippen molar-refractivity contribution in [3.63, 3.8) is 0 Å². The number of rotatable bonds is 11. The van der Waals surface area contributed by atoms with Gasteiger partial charge in [0, 0.05) is 7.11 Å². The van der Waals surface area contributed by atoms with Gasteiger partial charge in [-0.2, -0.15) is 0 Å². The molecule has 0 unspecified atom stereocenters. The Balaban J connectivity index is 3.16. The SMILES string of the molecule is COCCOCCOCCOC(=O)[C@@H](N)CO. The van der Waals surface area contributed by atoms with Gasteiger partial charge in [0.15, 0.2) is 0 Å². The van der Waals surface area contributed by atoms with E-state index >= 15 is 0 Å². The van der Waals surface area contributed by atoms with Crippen LogP contribution in [0.3, 0.4) is 0 Å². The molecule has 0 aromatic rings. The van der Waals surface area contributed by atoms with Crippen LogP contribution >= 0.6 is 0 Å². The molecule has 7 nitrogen and oxygen atoms in total. The number of aliphatic hydroxyl groups excluding tert-OH is 1. The lowest BCUT2D eigenvalue weighted by molar-refractivity contribution is -0.147. The molecule has 0 aliphatic rings. The first-order valence-electron chi connectivity index (χ1n) is 5.40. The van der Waals surface area contributed by atoms with Crippen molar-refractivity contribution in [1.82, 2.24) is 0 Å². The fraction of sp³-hybridized carbons (Fsp3) is 0.900. The van der Waals surface area contributed by atoms with Gasteiger partial charge in [-0.3, -0.25) is 4.79 Å². The normalized spacial score (nSPS) is 12.4. The minimum Gasteiger partial charge on any atom is -0.462 e. The van der Waals surface area contributed by atoms with Crippen LogP contribution in [0.4, 0.5) is 0 Å². The Morgan fingerprint density at radius 3 is 2.18 bits per heavy atom. The first-order chi connectivity index (χ1) is 8.22. The van der Waals surface area contributed by atoms with Crippen LogP contribution in [0.5, 0.6) is 0 Å². The van der Waals surface area contributed by atoms with Gasteiger partial charge < -0.3 is 29.8 Å². The molecule has 0 bridgehead atoms. The largest absolute Gasteiger partial charge is 0.462 e. The standard InChI is InChI=1S/C10H21NO6/c1-14-2-3-15-4-5-16-6-7-17-10(13)9(11)8-12/h9,12H,2-8,11H2,1H3/t9-/m0/s1. The van der Waals surface area contributed by atoms with Crippen LogP contribution in [0.2, 0.25) is 0 Å². The molecular weight excluding hydrogens is 230 g/mol. The van der Waals surface area contributed by atoms with E-state index in [0.29, 0.717) is 26.4 Å². The molecule has 0 aliphatic carbocycles. The van der Waals surface area contributed by atoms with E-state index in [-0.39, 0.29) is 13.2 Å². The topological polar surface area (TPSA) is 100 Å². The highest BCUT2D eigenvalue weighted by atomic mass is 16.6. The molecule has 1 atom stereocenters. The van der Waals surface area contributed by atoms with Crippen molar-refractivity contribution in [2.75, 3.05) is 53.4 Å². The third-order valence-electron chi connectivity index (χ3n) is 1.78. The van der Waals surface area contributed by atoms with Crippen molar-refractivity contribution in [3.05, 3.63) is 0 Å². The molecule has 0 aliphatic heterocycles. The molecule has 3 N–H and O–H groups in total. The van der Waals surface area contributed by atoms with Gasteiger partial charge in [0.05, 0.1) is 39.6 Å². The summed E-state index contributed by atoms with van der Waals surface area (Å²) in [5.74, 6) is -0.632. The number of methoxy groups -OCH3 is 1. The molecule has 0 heterocycles. The smallest absolute Gasteiger partial charge is 0.325 e. The van der Waals surface area contributed by atoms with E-state index in [4.69, 9.17) is 29.8 Å². The summed E-state index contributed by atoms with van der Waals surface area (Å²) in [6.45, 7) is 1.94. The summed E-state index contributed by atoms with van der Waals surface area (Å²) in [6, 6.07) is -0.979. The van der Waals surface area contributed by atoms with E-state index in [1.54, 1.807) is 7.11 Å². The van der Waals surface area contributed by atoms with E-state index in [2.05, 4.69) is 0 Å². The maximum Gasteiger partial charge on any atom is 0.325 e. The zero-order valence-corrected chi connectivity index (χ0v) is 10.1. The summed E-state index contributed by atoms with van der Waals surface area (Å²) in [6.07, 6.45) is 0. The molecule has 0 spiro atoms. The van der Waals surface area contributed by atoms with Crippen molar-refractivity contribution in [2.45, 2.75) is 6.04 Å². The van der Waals surface area contributed by atoms with Gasteiger partial charge in [0.2, 0.25) is 0 Å². The van der Waals surface area contributed by atoms with Gasteiger partial charge in [-0.25, -0.2) is 0 Å². The van der Waals surface area contributed by atoms with Crippen molar-refractivity contribution in [3.8, 4) is 0 Å². The Morgan fingerprint density at radius 2 is 1.65 bits per heavy atom. The Labute approximate surface area is 101 Å². The fourth-order valence-corrected chi connectivity index (χ4v) is 0.847. The molecule has 0 saturated heterocycles. The lowest BCUT2D eigenvalue weighted by Gasteiger charge is -2.09. The van der Waals surface area contributed by atoms with Crippen molar-refractivity contribution < 1.29 is 28.8 Å². The van der Waals surface area contributed by atoms with E-state index in [1.165, 1.54) is 0 Å². The highest BCUT2D eigenvalue weighted by Gasteiger charge is 2.12. The first kappa shape index (κ1) is 16.3. The summed E-state index contributed by atoms with van der Waals surface area (Å²) in [4.78, 5) is 11.0. The van der Waals surface area contributed by atoms with Crippen LogP contribution in [0.25, 0.3) is 0 Å². The predicted molar refractivity (Wildman–Crippen MR) is 59.5 cm³/mol. The van der Waals surface area contributed by atoms with Crippen LogP contribution in [0, 0.1) is 0 Å². The summed E-state index contributed by atoms with van der Waals surface area (Å²) >= 11 is 0. The van der Waals surface area contributed by atoms with E-state index < -0.39 is 18.6 Å². The molecule has 0 saturated carbocycles. The van der Waals surface area contributed by atoms with Gasteiger partial charge in [0.25, 0.3) is 0 Å². The lowest BCUT2D eigenvalue weighted by atomic mass is 10.3. The average molecular weight is 251 g/mol. The van der Waals surface area contributed by atoms with E-state index in [9.17, 15) is 4.79 Å². The number of ether oxygens (including phenoxy) is 4. The molecule has 0 aromatic heterocycles. The maximum atomic E-state index is 11.0. The molecule has 102 valence electrons. The molecular formula is C10H21NO6. The van der Waals surface area contributed by atoms with Crippen LogP contribution in [-0.2, 0) is 23.7 Å². The second kappa shape index (κ2) is 11.7. The second-order valence-corrected chi connectivity index (χ2v) is 3.17. The summed E-state index contributed by atoms with van der Waals surface area (Å²) in [7, 11) is 1.60. The molecule has 0 radical (unpaired) electrons. The number of hydrogen-bond donors (Lipinski definition) is 2. The highest BCUT2D eigenvalue weighted by molar-refractivity contribution is 5.75. The van der Waals surface area contributed by atoms with Crippen molar-refractivity contribution in [2.24, 2.45) is 5.73 Å². The number of carbonyl (C=O) groups is 1. The third-order valence-corrected chi connectivity index (χ3v) is 1.78.